The predicted molar refractivity (Wildman–Crippen MR) is 104 cm³/mol. The molecule has 164 valence electrons. The summed E-state index contributed by atoms with van der Waals surface area (Å²) >= 11 is 0. The third-order valence-electron chi connectivity index (χ3n) is 5.76. The van der Waals surface area contributed by atoms with Crippen molar-refractivity contribution in [3.05, 3.63) is 59.4 Å². The van der Waals surface area contributed by atoms with Crippen molar-refractivity contribution < 1.29 is 30.7 Å². The van der Waals surface area contributed by atoms with Gasteiger partial charge in [-0.05, 0) is 71.6 Å². The molecular formula is C21H23F4NO3S. The van der Waals surface area contributed by atoms with E-state index in [-0.39, 0.29) is 27.9 Å². The summed E-state index contributed by atoms with van der Waals surface area (Å²) in [7, 11) is -3.77. The number of ether oxygens (including phenoxy) is 1. The van der Waals surface area contributed by atoms with E-state index in [9.17, 15) is 26.0 Å². The van der Waals surface area contributed by atoms with Gasteiger partial charge in [-0.25, -0.2) is 17.9 Å². The lowest BCUT2D eigenvalue weighted by atomic mass is 10.0. The van der Waals surface area contributed by atoms with Gasteiger partial charge in [-0.2, -0.15) is 13.2 Å². The molecule has 2 aromatic rings. The van der Waals surface area contributed by atoms with Crippen LogP contribution in [0.1, 0.15) is 37.3 Å². The van der Waals surface area contributed by atoms with Gasteiger partial charge < -0.3 is 4.74 Å². The molecule has 3 rings (SSSR count). The largest absolute Gasteiger partial charge is 0.484 e. The van der Waals surface area contributed by atoms with E-state index in [0.717, 1.165) is 11.6 Å². The Balaban J connectivity index is 1.71. The van der Waals surface area contributed by atoms with E-state index in [0.29, 0.717) is 18.4 Å². The minimum Gasteiger partial charge on any atom is -0.484 e. The molecule has 2 atom stereocenters. The van der Waals surface area contributed by atoms with E-state index >= 15 is 0 Å². The van der Waals surface area contributed by atoms with Gasteiger partial charge in [0.05, 0.1) is 4.90 Å². The van der Waals surface area contributed by atoms with Crippen molar-refractivity contribution in [3.63, 3.8) is 0 Å². The van der Waals surface area contributed by atoms with E-state index in [1.54, 1.807) is 12.1 Å². The molecule has 0 aliphatic heterocycles. The molecule has 0 amide bonds. The lowest BCUT2D eigenvalue weighted by Crippen LogP contribution is -2.19. The number of primary sulfonamides is 1. The lowest BCUT2D eigenvalue weighted by molar-refractivity contribution is -0.153. The Hall–Kier alpha value is -2.13. The summed E-state index contributed by atoms with van der Waals surface area (Å²) in [5.41, 5.74) is 1.28. The third-order valence-corrected chi connectivity index (χ3v) is 6.69. The molecule has 1 fully saturated rings. The van der Waals surface area contributed by atoms with E-state index in [1.807, 2.05) is 0 Å². The van der Waals surface area contributed by atoms with Crippen LogP contribution >= 0.6 is 0 Å². The molecule has 9 heteroatoms. The van der Waals surface area contributed by atoms with Gasteiger partial charge >= 0.3 is 6.18 Å². The topological polar surface area (TPSA) is 69.4 Å². The van der Waals surface area contributed by atoms with Gasteiger partial charge in [0.15, 0.2) is 6.61 Å². The molecule has 30 heavy (non-hydrogen) atoms. The Bertz CT molecular complexity index is 1020. The second-order valence-electron chi connectivity index (χ2n) is 8.21. The average molecular weight is 445 g/mol. The van der Waals surface area contributed by atoms with Crippen LogP contribution in [0.3, 0.4) is 0 Å². The van der Waals surface area contributed by atoms with Crippen molar-refractivity contribution >= 4 is 10.0 Å². The number of nitrogens with two attached hydrogens (primary N) is 1. The molecular weight excluding hydrogens is 422 g/mol. The van der Waals surface area contributed by atoms with Crippen molar-refractivity contribution in [1.82, 2.24) is 0 Å². The molecule has 2 aromatic carbocycles. The molecule has 2 N–H and O–H groups in total. The Morgan fingerprint density at radius 1 is 1.10 bits per heavy atom. The first-order valence-electron chi connectivity index (χ1n) is 9.40. The number of benzene rings is 2. The van der Waals surface area contributed by atoms with Crippen molar-refractivity contribution in [2.24, 2.45) is 16.5 Å². The highest BCUT2D eigenvalue weighted by atomic mass is 32.2. The van der Waals surface area contributed by atoms with E-state index in [2.05, 4.69) is 13.8 Å². The van der Waals surface area contributed by atoms with E-state index in [4.69, 9.17) is 9.88 Å². The number of aryl methyl sites for hydroxylation is 1. The Morgan fingerprint density at radius 3 is 2.30 bits per heavy atom. The fraction of sp³-hybridized carbons (Fsp3) is 0.429. The molecule has 1 aliphatic carbocycles. The monoisotopic (exact) mass is 445 g/mol. The molecule has 0 aromatic heterocycles. The van der Waals surface area contributed by atoms with Crippen LogP contribution in [0.5, 0.6) is 5.75 Å². The van der Waals surface area contributed by atoms with Crippen molar-refractivity contribution in [2.75, 3.05) is 6.61 Å². The van der Waals surface area contributed by atoms with Crippen molar-refractivity contribution in [1.29, 1.82) is 0 Å². The van der Waals surface area contributed by atoms with Gasteiger partial charge in [-0.1, -0.05) is 26.0 Å². The van der Waals surface area contributed by atoms with E-state index < -0.39 is 28.6 Å². The number of sulfonamides is 1. The van der Waals surface area contributed by atoms with Gasteiger partial charge in [0, 0.05) is 0 Å². The number of rotatable bonds is 7. The molecule has 4 nitrogen and oxygen atoms in total. The highest BCUT2D eigenvalue weighted by Gasteiger charge is 2.57. The second kappa shape index (κ2) is 7.85. The summed E-state index contributed by atoms with van der Waals surface area (Å²) in [6.07, 6.45) is -3.48. The molecule has 1 aliphatic rings. The number of halogens is 4. The predicted octanol–water partition coefficient (Wildman–Crippen LogP) is 4.79. The van der Waals surface area contributed by atoms with Gasteiger partial charge in [0.1, 0.15) is 11.6 Å². The molecule has 0 unspecified atom stereocenters. The zero-order chi connectivity index (χ0) is 22.3. The zero-order valence-electron chi connectivity index (χ0n) is 16.5. The maximum atomic E-state index is 13.7. The fourth-order valence-corrected chi connectivity index (χ4v) is 4.68. The van der Waals surface area contributed by atoms with Crippen LogP contribution < -0.4 is 9.88 Å². The van der Waals surface area contributed by atoms with Crippen LogP contribution in [0.4, 0.5) is 17.6 Å². The summed E-state index contributed by atoms with van der Waals surface area (Å²) < 4.78 is 78.8. The standard InChI is InChI=1S/C21H23F4NO3S/c1-20(2)17(19(20)13-3-7-16(8-4-13)30(26,27)28)9-5-14-11-15(22)6-10-18(14)29-12-21(23,24)25/h3-4,6-8,10-11,17,19H,5,9,12H2,1-2H3,(H2,26,27,28)/t17-,19-/m1/s1. The Morgan fingerprint density at radius 2 is 1.73 bits per heavy atom. The van der Waals surface area contributed by atoms with Crippen LogP contribution in [0.15, 0.2) is 47.4 Å². The summed E-state index contributed by atoms with van der Waals surface area (Å²) in [5, 5.41) is 5.13. The first kappa shape index (κ1) is 22.6. The summed E-state index contributed by atoms with van der Waals surface area (Å²) in [6.45, 7) is 2.71. The lowest BCUT2D eigenvalue weighted by Gasteiger charge is -2.13. The second-order valence-corrected chi connectivity index (χ2v) is 9.78. The van der Waals surface area contributed by atoms with Crippen molar-refractivity contribution in [3.8, 4) is 5.75 Å². The molecule has 0 heterocycles. The minimum absolute atomic E-state index is 0.0289. The van der Waals surface area contributed by atoms with Crippen LogP contribution in [0, 0.1) is 17.2 Å². The SMILES string of the molecule is CC1(C)[C@H](CCc2cc(F)ccc2OCC(F)(F)F)[C@H]1c1ccc(S(N)(=O)=O)cc1. The quantitative estimate of drug-likeness (QED) is 0.624. The molecule has 0 bridgehead atoms. The highest BCUT2D eigenvalue weighted by Crippen LogP contribution is 2.66. The molecule has 0 radical (unpaired) electrons. The minimum atomic E-state index is -4.47. The maximum absolute atomic E-state index is 13.7. The summed E-state index contributed by atoms with van der Waals surface area (Å²) in [5.74, 6) is -0.146. The first-order chi connectivity index (χ1) is 13.8. The fourth-order valence-electron chi connectivity index (χ4n) is 4.16. The van der Waals surface area contributed by atoms with Gasteiger partial charge in [0.2, 0.25) is 10.0 Å². The van der Waals surface area contributed by atoms with Crippen molar-refractivity contribution in [2.45, 2.75) is 43.7 Å². The number of hydrogen-bond donors (Lipinski definition) is 1. The summed E-state index contributed by atoms with van der Waals surface area (Å²) in [4.78, 5) is 0.0347. The number of alkyl halides is 3. The van der Waals surface area contributed by atoms with Crippen LogP contribution in [-0.2, 0) is 16.4 Å². The maximum Gasteiger partial charge on any atom is 0.422 e. The average Bonchev–Trinajstić information content (AvgIpc) is 3.18. The third kappa shape index (κ3) is 5.13. The Labute approximate surface area is 173 Å². The van der Waals surface area contributed by atoms with Gasteiger partial charge in [-0.3, -0.25) is 0 Å². The van der Waals surface area contributed by atoms with Gasteiger partial charge in [0.25, 0.3) is 0 Å². The molecule has 1 saturated carbocycles. The normalized spacial score (nSPS) is 20.8. The van der Waals surface area contributed by atoms with Crippen LogP contribution in [0.25, 0.3) is 0 Å². The smallest absolute Gasteiger partial charge is 0.422 e. The number of hydrogen-bond acceptors (Lipinski definition) is 3. The summed E-state index contributed by atoms with van der Waals surface area (Å²) in [6, 6.07) is 9.89. The van der Waals surface area contributed by atoms with E-state index in [1.165, 1.54) is 24.3 Å². The highest BCUT2D eigenvalue weighted by molar-refractivity contribution is 7.89. The van der Waals surface area contributed by atoms with Crippen LogP contribution in [0.2, 0.25) is 0 Å². The first-order valence-corrected chi connectivity index (χ1v) is 10.9. The van der Waals surface area contributed by atoms with Crippen LogP contribution in [-0.4, -0.2) is 21.2 Å². The molecule has 0 saturated heterocycles. The van der Waals surface area contributed by atoms with Gasteiger partial charge in [-0.15, -0.1) is 0 Å². The zero-order valence-corrected chi connectivity index (χ0v) is 17.4. The Kier molecular flexibility index (Phi) is 5.90. The molecule has 0 spiro atoms.